The van der Waals surface area contributed by atoms with Crippen LogP contribution in [0, 0.1) is 0 Å². The molecule has 4 heteroatoms. The number of nitrogens with two attached hydrogens (primary N) is 1. The maximum absolute atomic E-state index is 9.02. The fourth-order valence-electron chi connectivity index (χ4n) is 1.28. The normalized spacial score (nSPS) is 12.4. The topological polar surface area (TPSA) is 46.2 Å². The molecule has 0 saturated heterocycles. The Morgan fingerprint density at radius 3 is 2.43 bits per heavy atom. The SMILES string of the molecule is NC[C@H](CC(O)=S)c1ccc(Cl)cc1. The van der Waals surface area contributed by atoms with Crippen molar-refractivity contribution in [1.82, 2.24) is 0 Å². The van der Waals surface area contributed by atoms with Gasteiger partial charge in [-0.05, 0) is 36.5 Å². The molecule has 0 bridgehead atoms. The van der Waals surface area contributed by atoms with E-state index in [1.807, 2.05) is 12.1 Å². The van der Waals surface area contributed by atoms with E-state index < -0.39 is 0 Å². The quantitative estimate of drug-likeness (QED) is 0.781. The lowest BCUT2D eigenvalue weighted by Gasteiger charge is -2.13. The summed E-state index contributed by atoms with van der Waals surface area (Å²) in [6, 6.07) is 7.41. The second-order valence-electron chi connectivity index (χ2n) is 3.08. The van der Waals surface area contributed by atoms with Crippen molar-refractivity contribution in [3.63, 3.8) is 0 Å². The molecule has 0 saturated carbocycles. The van der Waals surface area contributed by atoms with Gasteiger partial charge in [0.1, 0.15) is 0 Å². The Morgan fingerprint density at radius 2 is 2.00 bits per heavy atom. The molecule has 0 radical (unpaired) electrons. The second kappa shape index (κ2) is 5.29. The summed E-state index contributed by atoms with van der Waals surface area (Å²) in [6.45, 7) is 0.461. The third-order valence-corrected chi connectivity index (χ3v) is 2.47. The van der Waals surface area contributed by atoms with Crippen molar-refractivity contribution in [2.75, 3.05) is 6.54 Å². The van der Waals surface area contributed by atoms with Gasteiger partial charge in [-0.2, -0.15) is 0 Å². The number of aliphatic hydroxyl groups is 1. The number of thiocarbonyl (C=S) groups is 1. The van der Waals surface area contributed by atoms with E-state index >= 15 is 0 Å². The standard InChI is InChI=1S/C10H12ClNOS/c11-9-3-1-7(2-4-9)8(6-12)5-10(13)14/h1-4,8H,5-6,12H2,(H,13,14)/t8-/m0/s1. The molecule has 1 aromatic rings. The van der Waals surface area contributed by atoms with E-state index in [4.69, 9.17) is 22.4 Å². The highest BCUT2D eigenvalue weighted by molar-refractivity contribution is 7.80. The zero-order chi connectivity index (χ0) is 10.6. The lowest BCUT2D eigenvalue weighted by atomic mass is 9.96. The van der Waals surface area contributed by atoms with Gasteiger partial charge in [-0.15, -0.1) is 0 Å². The van der Waals surface area contributed by atoms with E-state index in [9.17, 15) is 0 Å². The number of benzene rings is 1. The van der Waals surface area contributed by atoms with Gasteiger partial charge in [0.05, 0.1) is 0 Å². The molecule has 0 aliphatic carbocycles. The van der Waals surface area contributed by atoms with E-state index in [1.54, 1.807) is 12.1 Å². The van der Waals surface area contributed by atoms with Gasteiger partial charge in [-0.1, -0.05) is 23.7 Å². The first-order valence-electron chi connectivity index (χ1n) is 4.31. The van der Waals surface area contributed by atoms with Crippen LogP contribution in [0.2, 0.25) is 5.02 Å². The van der Waals surface area contributed by atoms with E-state index in [-0.39, 0.29) is 11.0 Å². The first-order valence-corrected chi connectivity index (χ1v) is 5.09. The smallest absolute Gasteiger partial charge is 0.157 e. The van der Waals surface area contributed by atoms with Gasteiger partial charge in [-0.25, -0.2) is 0 Å². The molecule has 0 unspecified atom stereocenters. The predicted octanol–water partition coefficient (Wildman–Crippen LogP) is 2.66. The Hall–Kier alpha value is -0.640. The van der Waals surface area contributed by atoms with Crippen molar-refractivity contribution in [3.8, 4) is 0 Å². The van der Waals surface area contributed by atoms with Gasteiger partial charge in [0, 0.05) is 17.4 Å². The Bertz CT molecular complexity index is 312. The van der Waals surface area contributed by atoms with Gasteiger partial charge >= 0.3 is 0 Å². The molecule has 1 rings (SSSR count). The lowest BCUT2D eigenvalue weighted by Crippen LogP contribution is -2.15. The summed E-state index contributed by atoms with van der Waals surface area (Å²) in [5, 5.41) is 9.71. The van der Waals surface area contributed by atoms with Crippen molar-refractivity contribution < 1.29 is 5.11 Å². The van der Waals surface area contributed by atoms with E-state index in [0.29, 0.717) is 18.0 Å². The van der Waals surface area contributed by atoms with Crippen LogP contribution < -0.4 is 5.73 Å². The second-order valence-corrected chi connectivity index (χ2v) is 3.99. The summed E-state index contributed by atoms with van der Waals surface area (Å²) in [4.78, 5) is 0. The van der Waals surface area contributed by atoms with Gasteiger partial charge in [0.15, 0.2) is 5.05 Å². The molecule has 0 aliphatic rings. The maximum Gasteiger partial charge on any atom is 0.157 e. The van der Waals surface area contributed by atoms with Gasteiger partial charge in [-0.3, -0.25) is 0 Å². The van der Waals surface area contributed by atoms with E-state index in [2.05, 4.69) is 12.2 Å². The molecule has 0 amide bonds. The van der Waals surface area contributed by atoms with Crippen molar-refractivity contribution in [1.29, 1.82) is 0 Å². The van der Waals surface area contributed by atoms with Crippen LogP contribution in [0.15, 0.2) is 24.3 Å². The van der Waals surface area contributed by atoms with Crippen molar-refractivity contribution in [2.45, 2.75) is 12.3 Å². The van der Waals surface area contributed by atoms with Crippen molar-refractivity contribution in [3.05, 3.63) is 34.9 Å². The molecule has 3 N–H and O–H groups in total. The molecule has 2 nitrogen and oxygen atoms in total. The van der Waals surface area contributed by atoms with Crippen molar-refractivity contribution >= 4 is 28.9 Å². The largest absolute Gasteiger partial charge is 0.502 e. The number of rotatable bonds is 4. The Balaban J connectivity index is 2.78. The summed E-state index contributed by atoms with van der Waals surface area (Å²) in [5.41, 5.74) is 6.64. The van der Waals surface area contributed by atoms with Crippen LogP contribution in [0.3, 0.4) is 0 Å². The molecule has 1 aromatic carbocycles. The molecule has 0 aliphatic heterocycles. The van der Waals surface area contributed by atoms with E-state index in [0.717, 1.165) is 5.56 Å². The van der Waals surface area contributed by atoms with Crippen LogP contribution in [-0.2, 0) is 0 Å². The van der Waals surface area contributed by atoms with Gasteiger partial charge in [0.2, 0.25) is 0 Å². The highest BCUT2D eigenvalue weighted by atomic mass is 35.5. The fourth-order valence-corrected chi connectivity index (χ4v) is 1.61. The molecule has 1 atom stereocenters. The number of hydrogen-bond donors (Lipinski definition) is 2. The monoisotopic (exact) mass is 229 g/mol. The van der Waals surface area contributed by atoms with Crippen LogP contribution in [0.25, 0.3) is 0 Å². The molecular formula is C10H12ClNOS. The highest BCUT2D eigenvalue weighted by Gasteiger charge is 2.11. The van der Waals surface area contributed by atoms with Gasteiger partial charge in [0.25, 0.3) is 0 Å². The summed E-state index contributed by atoms with van der Waals surface area (Å²) < 4.78 is 0. The average molecular weight is 230 g/mol. The highest BCUT2D eigenvalue weighted by Crippen LogP contribution is 2.20. The summed E-state index contributed by atoms with van der Waals surface area (Å²) in [5.74, 6) is 0.0739. The molecule has 0 spiro atoms. The Kier molecular flexibility index (Phi) is 4.32. The molecule has 14 heavy (non-hydrogen) atoms. The minimum atomic E-state index is -0.00426. The minimum absolute atomic E-state index is 0.00426. The Morgan fingerprint density at radius 1 is 1.43 bits per heavy atom. The van der Waals surface area contributed by atoms with Crippen molar-refractivity contribution in [2.24, 2.45) is 5.73 Å². The Labute approximate surface area is 93.7 Å². The van der Waals surface area contributed by atoms with Crippen LogP contribution in [0.5, 0.6) is 0 Å². The number of halogens is 1. The zero-order valence-corrected chi connectivity index (χ0v) is 9.18. The third kappa shape index (κ3) is 3.25. The third-order valence-electron chi connectivity index (χ3n) is 2.05. The van der Waals surface area contributed by atoms with Crippen LogP contribution >= 0.6 is 23.8 Å². The molecule has 0 fully saturated rings. The summed E-state index contributed by atoms with van der Waals surface area (Å²) in [6.07, 6.45) is 0.424. The summed E-state index contributed by atoms with van der Waals surface area (Å²) >= 11 is 10.4. The average Bonchev–Trinajstić information content (AvgIpc) is 2.15. The lowest BCUT2D eigenvalue weighted by molar-refractivity contribution is 0.531. The maximum atomic E-state index is 9.02. The number of aliphatic hydroxyl groups excluding tert-OH is 1. The van der Waals surface area contributed by atoms with E-state index in [1.165, 1.54) is 0 Å². The first-order chi connectivity index (χ1) is 6.63. The zero-order valence-electron chi connectivity index (χ0n) is 7.61. The fraction of sp³-hybridized carbons (Fsp3) is 0.300. The van der Waals surface area contributed by atoms with Crippen LogP contribution in [-0.4, -0.2) is 16.7 Å². The molecule has 76 valence electrons. The first kappa shape index (κ1) is 11.4. The molecule has 0 heterocycles. The van der Waals surface area contributed by atoms with Gasteiger partial charge < -0.3 is 10.8 Å². The molecular weight excluding hydrogens is 218 g/mol. The summed E-state index contributed by atoms with van der Waals surface area (Å²) in [7, 11) is 0. The molecule has 0 aromatic heterocycles. The van der Waals surface area contributed by atoms with Crippen LogP contribution in [0.4, 0.5) is 0 Å². The minimum Gasteiger partial charge on any atom is -0.502 e. The number of hydrogen-bond acceptors (Lipinski definition) is 2. The van der Waals surface area contributed by atoms with Crippen LogP contribution in [0.1, 0.15) is 17.9 Å². The predicted molar refractivity (Wildman–Crippen MR) is 63.1 cm³/mol.